The molecule has 0 spiro atoms. The van der Waals surface area contributed by atoms with E-state index in [1.54, 1.807) is 19.2 Å². The zero-order valence-electron chi connectivity index (χ0n) is 12.8. The molecule has 124 valence electrons. The van der Waals surface area contributed by atoms with Gasteiger partial charge in [0.05, 0.1) is 7.11 Å². The van der Waals surface area contributed by atoms with Gasteiger partial charge in [-0.3, -0.25) is 4.90 Å². The molecule has 1 aliphatic rings. The smallest absolute Gasteiger partial charge is 0.387 e. The summed E-state index contributed by atoms with van der Waals surface area (Å²) in [5.74, 6) is 0.825. The summed E-state index contributed by atoms with van der Waals surface area (Å²) >= 11 is 0. The molecule has 2 rings (SSSR count). The van der Waals surface area contributed by atoms with Crippen LogP contribution in [0, 0.1) is 0 Å². The van der Waals surface area contributed by atoms with Crippen LogP contribution in [-0.2, 0) is 6.54 Å². The fourth-order valence-corrected chi connectivity index (χ4v) is 2.99. The molecule has 6 heteroatoms. The average Bonchev–Trinajstić information content (AvgIpc) is 2.93. The summed E-state index contributed by atoms with van der Waals surface area (Å²) in [4.78, 5) is 2.27. The Labute approximate surface area is 129 Å². The Balaban J connectivity index is 2.12. The highest BCUT2D eigenvalue weighted by atomic mass is 19.3. The van der Waals surface area contributed by atoms with Gasteiger partial charge >= 0.3 is 6.61 Å². The van der Waals surface area contributed by atoms with Gasteiger partial charge in [0, 0.05) is 24.8 Å². The van der Waals surface area contributed by atoms with Crippen molar-refractivity contribution in [2.45, 2.75) is 44.9 Å². The van der Waals surface area contributed by atoms with Crippen molar-refractivity contribution in [3.63, 3.8) is 0 Å². The molecule has 1 atom stereocenters. The minimum Gasteiger partial charge on any atom is -0.497 e. The van der Waals surface area contributed by atoms with Gasteiger partial charge < -0.3 is 14.6 Å². The summed E-state index contributed by atoms with van der Waals surface area (Å²) in [5, 5.41) is 8.98. The molecular formula is C16H23F2NO3. The van der Waals surface area contributed by atoms with Crippen molar-refractivity contribution in [3.8, 4) is 11.5 Å². The Kier molecular flexibility index (Phi) is 6.39. The second-order valence-corrected chi connectivity index (χ2v) is 5.48. The number of nitrogens with zero attached hydrogens (tertiary/aromatic N) is 1. The van der Waals surface area contributed by atoms with Gasteiger partial charge in [-0.15, -0.1) is 0 Å². The lowest BCUT2D eigenvalue weighted by Crippen LogP contribution is -2.29. The quantitative estimate of drug-likeness (QED) is 0.801. The summed E-state index contributed by atoms with van der Waals surface area (Å²) in [6.07, 6.45) is 3.85. The Morgan fingerprint density at radius 2 is 2.23 bits per heavy atom. The van der Waals surface area contributed by atoms with Crippen LogP contribution in [0.1, 0.15) is 31.2 Å². The van der Waals surface area contributed by atoms with Gasteiger partial charge in [-0.2, -0.15) is 8.78 Å². The van der Waals surface area contributed by atoms with Gasteiger partial charge in [-0.1, -0.05) is 0 Å². The van der Waals surface area contributed by atoms with Crippen molar-refractivity contribution in [3.05, 3.63) is 23.8 Å². The van der Waals surface area contributed by atoms with Crippen molar-refractivity contribution in [2.75, 3.05) is 20.3 Å². The summed E-state index contributed by atoms with van der Waals surface area (Å²) in [6, 6.07) is 5.28. The average molecular weight is 315 g/mol. The van der Waals surface area contributed by atoms with Crippen LogP contribution in [0.4, 0.5) is 8.78 Å². The first-order chi connectivity index (χ1) is 10.6. The molecule has 1 aromatic carbocycles. The number of aliphatic hydroxyl groups is 1. The van der Waals surface area contributed by atoms with E-state index in [0.29, 0.717) is 23.9 Å². The zero-order chi connectivity index (χ0) is 15.9. The first kappa shape index (κ1) is 17.0. The maximum Gasteiger partial charge on any atom is 0.387 e. The van der Waals surface area contributed by atoms with Crippen LogP contribution in [0.25, 0.3) is 0 Å². The van der Waals surface area contributed by atoms with Crippen LogP contribution in [0.2, 0.25) is 0 Å². The largest absolute Gasteiger partial charge is 0.497 e. The molecule has 1 heterocycles. The zero-order valence-corrected chi connectivity index (χ0v) is 12.8. The normalized spacial score (nSPS) is 18.9. The molecule has 1 saturated heterocycles. The topological polar surface area (TPSA) is 41.9 Å². The molecule has 22 heavy (non-hydrogen) atoms. The van der Waals surface area contributed by atoms with E-state index in [0.717, 1.165) is 32.2 Å². The number of alkyl halides is 2. The molecule has 1 aliphatic heterocycles. The Morgan fingerprint density at radius 1 is 1.41 bits per heavy atom. The minimum atomic E-state index is -2.84. The molecule has 0 aromatic heterocycles. The lowest BCUT2D eigenvalue weighted by molar-refractivity contribution is -0.0508. The van der Waals surface area contributed by atoms with E-state index in [-0.39, 0.29) is 12.4 Å². The molecule has 0 aliphatic carbocycles. The third-order valence-electron chi connectivity index (χ3n) is 4.05. The van der Waals surface area contributed by atoms with Gasteiger partial charge in [-0.05, 0) is 50.4 Å². The standard InChI is InChI=1S/C16H23F2NO3/c1-21-14-6-7-15(22-16(17)18)12(10-14)11-19-8-2-4-13(19)5-3-9-20/h6-7,10,13,16,20H,2-5,8-9,11H2,1H3. The Morgan fingerprint density at radius 3 is 2.91 bits per heavy atom. The molecule has 1 unspecified atom stereocenters. The van der Waals surface area contributed by atoms with E-state index in [9.17, 15) is 8.78 Å². The lowest BCUT2D eigenvalue weighted by Gasteiger charge is -2.25. The number of likely N-dealkylation sites (tertiary alicyclic amines) is 1. The Bertz CT molecular complexity index is 471. The molecular weight excluding hydrogens is 292 g/mol. The first-order valence-electron chi connectivity index (χ1n) is 7.60. The van der Waals surface area contributed by atoms with E-state index in [1.807, 2.05) is 0 Å². The highest BCUT2D eigenvalue weighted by Gasteiger charge is 2.25. The van der Waals surface area contributed by atoms with Crippen LogP contribution in [0.3, 0.4) is 0 Å². The Hall–Kier alpha value is -1.40. The fourth-order valence-electron chi connectivity index (χ4n) is 2.99. The molecule has 1 aromatic rings. The summed E-state index contributed by atoms with van der Waals surface area (Å²) < 4.78 is 34.9. The second-order valence-electron chi connectivity index (χ2n) is 5.48. The minimum absolute atomic E-state index is 0.184. The summed E-state index contributed by atoms with van der Waals surface area (Å²) in [7, 11) is 1.55. The number of aliphatic hydroxyl groups excluding tert-OH is 1. The van der Waals surface area contributed by atoms with Crippen LogP contribution < -0.4 is 9.47 Å². The third kappa shape index (κ3) is 4.55. The van der Waals surface area contributed by atoms with Crippen LogP contribution in [0.5, 0.6) is 11.5 Å². The highest BCUT2D eigenvalue weighted by molar-refractivity contribution is 5.40. The summed E-state index contributed by atoms with van der Waals surface area (Å²) in [5.41, 5.74) is 0.704. The molecule has 1 fully saturated rings. The second kappa shape index (κ2) is 8.29. The molecule has 4 nitrogen and oxygen atoms in total. The van der Waals surface area contributed by atoms with Crippen LogP contribution >= 0.6 is 0 Å². The van der Waals surface area contributed by atoms with Gasteiger partial charge in [-0.25, -0.2) is 0 Å². The third-order valence-corrected chi connectivity index (χ3v) is 4.05. The highest BCUT2D eigenvalue weighted by Crippen LogP contribution is 2.30. The van der Waals surface area contributed by atoms with Crippen LogP contribution in [-0.4, -0.2) is 42.9 Å². The molecule has 0 amide bonds. The number of ether oxygens (including phenoxy) is 2. The number of benzene rings is 1. The predicted molar refractivity (Wildman–Crippen MR) is 79.4 cm³/mol. The van der Waals surface area contributed by atoms with Crippen molar-refractivity contribution in [1.82, 2.24) is 4.90 Å². The monoisotopic (exact) mass is 315 g/mol. The van der Waals surface area contributed by atoms with Crippen molar-refractivity contribution in [2.24, 2.45) is 0 Å². The van der Waals surface area contributed by atoms with E-state index < -0.39 is 6.61 Å². The maximum atomic E-state index is 12.5. The predicted octanol–water partition coefficient (Wildman–Crippen LogP) is 3.03. The van der Waals surface area contributed by atoms with E-state index in [1.165, 1.54) is 6.07 Å². The van der Waals surface area contributed by atoms with Crippen molar-refractivity contribution >= 4 is 0 Å². The van der Waals surface area contributed by atoms with Gasteiger partial charge in [0.15, 0.2) is 0 Å². The van der Waals surface area contributed by atoms with Crippen molar-refractivity contribution < 1.29 is 23.4 Å². The molecule has 0 saturated carbocycles. The number of methoxy groups -OCH3 is 1. The number of hydrogen-bond donors (Lipinski definition) is 1. The fraction of sp³-hybridized carbons (Fsp3) is 0.625. The molecule has 0 bridgehead atoms. The molecule has 1 N–H and O–H groups in total. The van der Waals surface area contributed by atoms with Gasteiger partial charge in [0.1, 0.15) is 11.5 Å². The van der Waals surface area contributed by atoms with Gasteiger partial charge in [0.2, 0.25) is 0 Å². The summed E-state index contributed by atoms with van der Waals surface area (Å²) in [6.45, 7) is -1.17. The van der Waals surface area contributed by atoms with Gasteiger partial charge in [0.25, 0.3) is 0 Å². The van der Waals surface area contributed by atoms with E-state index in [2.05, 4.69) is 9.64 Å². The van der Waals surface area contributed by atoms with Crippen LogP contribution in [0.15, 0.2) is 18.2 Å². The number of hydrogen-bond acceptors (Lipinski definition) is 4. The number of rotatable bonds is 8. The first-order valence-corrected chi connectivity index (χ1v) is 7.60. The molecule has 0 radical (unpaired) electrons. The van der Waals surface area contributed by atoms with E-state index in [4.69, 9.17) is 9.84 Å². The SMILES string of the molecule is COc1ccc(OC(F)F)c(CN2CCCC2CCCO)c1. The maximum absolute atomic E-state index is 12.5. The number of halogens is 2. The van der Waals surface area contributed by atoms with E-state index >= 15 is 0 Å². The lowest BCUT2D eigenvalue weighted by atomic mass is 10.1. The van der Waals surface area contributed by atoms with Crippen molar-refractivity contribution in [1.29, 1.82) is 0 Å².